The average molecular weight is 618 g/mol. The number of aromatic amines is 1. The predicted molar refractivity (Wildman–Crippen MR) is 189 cm³/mol. The van der Waals surface area contributed by atoms with E-state index in [1.165, 1.54) is 55.2 Å². The number of hydrogen-bond acceptors (Lipinski definition) is 4. The summed E-state index contributed by atoms with van der Waals surface area (Å²) in [5.74, 6) is 2.69. The van der Waals surface area contributed by atoms with Crippen molar-refractivity contribution in [1.82, 2.24) is 14.9 Å². The summed E-state index contributed by atoms with van der Waals surface area (Å²) >= 11 is 0. The molecule has 1 atom stereocenters. The van der Waals surface area contributed by atoms with Gasteiger partial charge in [-0.1, -0.05) is 69.9 Å². The summed E-state index contributed by atoms with van der Waals surface area (Å²) in [6.45, 7) is 16.8. The Hall–Kier alpha value is -3.28. The first-order valence-electron chi connectivity index (χ1n) is 17.4. The van der Waals surface area contributed by atoms with Crippen LogP contribution >= 0.6 is 0 Å². The largest absolute Gasteiger partial charge is 0.494 e. The molecule has 45 heavy (non-hydrogen) atoms. The molecule has 0 bridgehead atoms. The molecule has 2 aromatic carbocycles. The number of nitrogens with one attached hydrogen (secondary N) is 1. The van der Waals surface area contributed by atoms with Crippen molar-refractivity contribution in [2.45, 2.75) is 125 Å². The van der Waals surface area contributed by atoms with Crippen LogP contribution in [0, 0.1) is 5.92 Å². The fourth-order valence-electron chi connectivity index (χ4n) is 5.25. The smallest absolute Gasteiger partial charge is 0.410 e. The molecule has 0 aliphatic heterocycles. The number of fused-ring (bicyclic) bond motifs is 1. The van der Waals surface area contributed by atoms with E-state index in [0.29, 0.717) is 5.92 Å². The highest BCUT2D eigenvalue weighted by atomic mass is 16.6. The number of ether oxygens (including phenoxy) is 2. The summed E-state index contributed by atoms with van der Waals surface area (Å²) in [7, 11) is 0. The predicted octanol–water partition coefficient (Wildman–Crippen LogP) is 10.8. The van der Waals surface area contributed by atoms with Crippen LogP contribution in [0.4, 0.5) is 4.79 Å². The quantitative estimate of drug-likeness (QED) is 0.172. The molecular weight excluding hydrogens is 558 g/mol. The topological polar surface area (TPSA) is 67.5 Å². The Morgan fingerprint density at radius 3 is 2.38 bits per heavy atom. The van der Waals surface area contributed by atoms with Crippen LogP contribution in [0.1, 0.15) is 124 Å². The third-order valence-electron chi connectivity index (χ3n) is 8.49. The van der Waals surface area contributed by atoms with Crippen LogP contribution in [-0.4, -0.2) is 46.3 Å². The summed E-state index contributed by atoms with van der Waals surface area (Å²) in [4.78, 5) is 22.1. The Bertz CT molecular complexity index is 1320. The Kier molecular flexibility index (Phi) is 15.0. The van der Waals surface area contributed by atoms with Gasteiger partial charge in [0.15, 0.2) is 0 Å². The number of carbonyl (C=O) groups is 1. The Balaban J connectivity index is 0.000000281. The molecule has 1 saturated carbocycles. The molecule has 1 amide bonds. The van der Waals surface area contributed by atoms with E-state index in [0.717, 1.165) is 68.9 Å². The second kappa shape index (κ2) is 18.6. The summed E-state index contributed by atoms with van der Waals surface area (Å²) in [6, 6.07) is 16.8. The fourth-order valence-corrected chi connectivity index (χ4v) is 5.25. The van der Waals surface area contributed by atoms with Crippen molar-refractivity contribution < 1.29 is 14.3 Å². The molecule has 0 saturated heterocycles. The number of nitrogens with zero attached hydrogens (tertiary/aromatic N) is 2. The molecule has 3 aromatic rings. The molecule has 248 valence electrons. The molecule has 1 heterocycles. The number of aromatic nitrogens is 2. The summed E-state index contributed by atoms with van der Waals surface area (Å²) in [5, 5.41) is 0. The van der Waals surface area contributed by atoms with Crippen molar-refractivity contribution in [2.75, 3.05) is 19.7 Å². The lowest BCUT2D eigenvalue weighted by Gasteiger charge is -2.27. The molecule has 1 N–H and O–H groups in total. The number of hydrogen-bond donors (Lipinski definition) is 1. The summed E-state index contributed by atoms with van der Waals surface area (Å²) in [6.07, 6.45) is 12.7. The van der Waals surface area contributed by atoms with E-state index < -0.39 is 5.60 Å². The van der Waals surface area contributed by atoms with Crippen molar-refractivity contribution in [3.8, 4) is 5.75 Å². The SMILES string of the molecule is CC(=C1CCC1)c1nc2ccc(CCCCCCOc3ccccc3)cc2[nH]1.CCCN(CCC(C)CC)C(=O)OC(C)(C)C. The van der Waals surface area contributed by atoms with Crippen molar-refractivity contribution >= 4 is 22.7 Å². The maximum atomic E-state index is 12.0. The van der Waals surface area contributed by atoms with Crippen LogP contribution in [0.3, 0.4) is 0 Å². The number of benzene rings is 2. The van der Waals surface area contributed by atoms with Crippen LogP contribution in [-0.2, 0) is 11.2 Å². The molecular formula is C39H59N3O3. The van der Waals surface area contributed by atoms with E-state index in [2.05, 4.69) is 50.9 Å². The first kappa shape index (κ1) is 36.2. The highest BCUT2D eigenvalue weighted by Gasteiger charge is 2.21. The minimum Gasteiger partial charge on any atom is -0.494 e. The maximum Gasteiger partial charge on any atom is 0.410 e. The molecule has 0 spiro atoms. The van der Waals surface area contributed by atoms with Gasteiger partial charge in [-0.05, 0) is 120 Å². The van der Waals surface area contributed by atoms with Gasteiger partial charge in [-0.2, -0.15) is 0 Å². The highest BCUT2D eigenvalue weighted by Crippen LogP contribution is 2.33. The van der Waals surface area contributed by atoms with Gasteiger partial charge in [-0.3, -0.25) is 0 Å². The van der Waals surface area contributed by atoms with Crippen molar-refractivity contribution in [3.63, 3.8) is 0 Å². The number of rotatable bonds is 15. The van der Waals surface area contributed by atoms with Crippen LogP contribution in [0.2, 0.25) is 0 Å². The summed E-state index contributed by atoms with van der Waals surface area (Å²) in [5.41, 5.74) is 6.16. The lowest BCUT2D eigenvalue weighted by molar-refractivity contribution is 0.0241. The molecule has 6 nitrogen and oxygen atoms in total. The van der Waals surface area contributed by atoms with Crippen molar-refractivity contribution in [1.29, 1.82) is 0 Å². The molecule has 6 heteroatoms. The Labute approximate surface area is 273 Å². The van der Waals surface area contributed by atoms with E-state index in [1.807, 2.05) is 56.0 Å². The standard InChI is InChI=1S/C25H30N2O.C14H29NO2/c1-19(21-11-9-12-21)25-26-23-16-15-20(18-24(23)27-25)10-5-2-3-8-17-28-22-13-6-4-7-14-22;1-7-10-15(11-9-12(3)8-2)13(16)17-14(4,5)6/h4,6-7,13-16,18H,2-3,5,8-12,17H2,1H3,(H,26,27);12H,7-11H2,1-6H3. The number of amides is 1. The van der Waals surface area contributed by atoms with E-state index in [-0.39, 0.29) is 6.09 Å². The minimum atomic E-state index is -0.403. The molecule has 1 aliphatic carbocycles. The number of allylic oxidation sites excluding steroid dienone is 2. The number of imidazole rings is 1. The van der Waals surface area contributed by atoms with Crippen LogP contribution in [0.25, 0.3) is 16.6 Å². The van der Waals surface area contributed by atoms with Crippen LogP contribution in [0.15, 0.2) is 54.1 Å². The van der Waals surface area contributed by atoms with Gasteiger partial charge in [0.25, 0.3) is 0 Å². The second-order valence-corrected chi connectivity index (χ2v) is 13.6. The molecule has 1 aromatic heterocycles. The van der Waals surface area contributed by atoms with Gasteiger partial charge in [0.1, 0.15) is 17.2 Å². The average Bonchev–Trinajstić information content (AvgIpc) is 3.41. The maximum absolute atomic E-state index is 12.0. The molecule has 4 rings (SSSR count). The van der Waals surface area contributed by atoms with Gasteiger partial charge in [0, 0.05) is 13.1 Å². The number of H-pyrrole nitrogens is 1. The zero-order chi connectivity index (χ0) is 32.7. The second-order valence-electron chi connectivity index (χ2n) is 13.6. The Morgan fingerprint density at radius 1 is 1.00 bits per heavy atom. The lowest BCUT2D eigenvalue weighted by Crippen LogP contribution is -2.38. The molecule has 1 fully saturated rings. The van der Waals surface area contributed by atoms with E-state index in [4.69, 9.17) is 14.5 Å². The van der Waals surface area contributed by atoms with Gasteiger partial charge in [-0.15, -0.1) is 0 Å². The van der Waals surface area contributed by atoms with Gasteiger partial charge < -0.3 is 19.4 Å². The van der Waals surface area contributed by atoms with Gasteiger partial charge in [-0.25, -0.2) is 9.78 Å². The first-order chi connectivity index (χ1) is 21.6. The van der Waals surface area contributed by atoms with E-state index >= 15 is 0 Å². The number of unbranched alkanes of at least 4 members (excludes halogenated alkanes) is 3. The minimum absolute atomic E-state index is 0.178. The van der Waals surface area contributed by atoms with Crippen molar-refractivity contribution in [3.05, 3.63) is 65.5 Å². The normalized spacial score (nSPS) is 13.4. The van der Waals surface area contributed by atoms with E-state index in [1.54, 1.807) is 5.57 Å². The third kappa shape index (κ3) is 12.9. The van der Waals surface area contributed by atoms with Gasteiger partial charge in [0.05, 0.1) is 17.6 Å². The number of para-hydroxylation sites is 1. The first-order valence-corrected chi connectivity index (χ1v) is 17.4. The Morgan fingerprint density at radius 2 is 1.73 bits per heavy atom. The van der Waals surface area contributed by atoms with E-state index in [9.17, 15) is 4.79 Å². The number of carbonyl (C=O) groups excluding carboxylic acids is 1. The highest BCUT2D eigenvalue weighted by molar-refractivity contribution is 5.79. The molecule has 1 aliphatic rings. The zero-order valence-corrected chi connectivity index (χ0v) is 29.2. The third-order valence-corrected chi connectivity index (χ3v) is 8.49. The van der Waals surface area contributed by atoms with Crippen LogP contribution in [0.5, 0.6) is 5.75 Å². The molecule has 1 unspecified atom stereocenters. The molecule has 0 radical (unpaired) electrons. The van der Waals surface area contributed by atoms with Gasteiger partial charge in [0.2, 0.25) is 0 Å². The zero-order valence-electron chi connectivity index (χ0n) is 29.2. The number of aryl methyl sites for hydroxylation is 1. The van der Waals surface area contributed by atoms with Crippen LogP contribution < -0.4 is 4.74 Å². The lowest BCUT2D eigenvalue weighted by atomic mass is 9.88. The fraction of sp³-hybridized carbons (Fsp3) is 0.590. The van der Waals surface area contributed by atoms with Crippen molar-refractivity contribution in [2.24, 2.45) is 5.92 Å². The monoisotopic (exact) mass is 617 g/mol. The van der Waals surface area contributed by atoms with Gasteiger partial charge >= 0.3 is 6.09 Å². The summed E-state index contributed by atoms with van der Waals surface area (Å²) < 4.78 is 11.2.